The number of nitrogens with zero attached hydrogens (tertiary/aromatic N) is 2. The van der Waals surface area contributed by atoms with Crippen molar-refractivity contribution in [3.63, 3.8) is 0 Å². The molecule has 110 valence electrons. The van der Waals surface area contributed by atoms with Crippen LogP contribution in [-0.2, 0) is 17.8 Å². The molecule has 21 heavy (non-hydrogen) atoms. The smallest absolute Gasteiger partial charge is 0.326 e. The molecule has 0 spiro atoms. The number of benzene rings is 1. The number of rotatable bonds is 6. The number of urea groups is 1. The second-order valence-electron chi connectivity index (χ2n) is 4.34. The summed E-state index contributed by atoms with van der Waals surface area (Å²) in [6.07, 6.45) is 1.54. The third-order valence-corrected chi connectivity index (χ3v) is 2.77. The van der Waals surface area contributed by atoms with E-state index in [9.17, 15) is 9.59 Å². The molecule has 0 saturated carbocycles. The zero-order chi connectivity index (χ0) is 15.1. The minimum Gasteiger partial charge on any atom is -0.480 e. The molecule has 0 saturated heterocycles. The summed E-state index contributed by atoms with van der Waals surface area (Å²) in [6, 6.07) is 7.53. The number of carbonyl (C=O) groups excluding carboxylic acids is 1. The lowest BCUT2D eigenvalue weighted by Crippen LogP contribution is -2.47. The van der Waals surface area contributed by atoms with Crippen LogP contribution in [-0.4, -0.2) is 38.3 Å². The molecule has 0 radical (unpaired) electrons. The Morgan fingerprint density at radius 2 is 2.05 bits per heavy atom. The fraction of sp³-hybridized carbons (Fsp3) is 0.231. The molecule has 0 aliphatic heterocycles. The first-order valence-electron chi connectivity index (χ1n) is 6.30. The molecule has 0 fully saturated rings. The number of carboxylic acid groups (broad SMARTS) is 1. The lowest BCUT2D eigenvalue weighted by molar-refractivity contribution is -0.139. The first-order chi connectivity index (χ1) is 10.1. The van der Waals surface area contributed by atoms with Crippen molar-refractivity contribution >= 4 is 12.0 Å². The van der Waals surface area contributed by atoms with E-state index in [1.54, 1.807) is 0 Å². The van der Waals surface area contributed by atoms with Crippen LogP contribution in [0.2, 0.25) is 0 Å². The van der Waals surface area contributed by atoms with Crippen LogP contribution in [0.25, 0.3) is 0 Å². The van der Waals surface area contributed by atoms with Crippen LogP contribution in [0.3, 0.4) is 0 Å². The van der Waals surface area contributed by atoms with E-state index in [1.807, 2.05) is 30.3 Å². The SMILES string of the molecule is O=C(NCc1ncn[nH]1)N[C@@H](Cc1ccccc1)C(=O)O. The Morgan fingerprint density at radius 3 is 2.67 bits per heavy atom. The molecule has 4 N–H and O–H groups in total. The Labute approximate surface area is 120 Å². The Kier molecular flexibility index (Phi) is 4.86. The fourth-order valence-corrected chi connectivity index (χ4v) is 1.74. The van der Waals surface area contributed by atoms with Gasteiger partial charge >= 0.3 is 12.0 Å². The zero-order valence-corrected chi connectivity index (χ0v) is 11.1. The first kappa shape index (κ1) is 14.5. The van der Waals surface area contributed by atoms with Gasteiger partial charge in [-0.05, 0) is 5.56 Å². The van der Waals surface area contributed by atoms with E-state index < -0.39 is 18.0 Å². The number of carboxylic acids is 1. The maximum atomic E-state index is 11.7. The number of amides is 2. The van der Waals surface area contributed by atoms with Gasteiger partial charge in [-0.15, -0.1) is 0 Å². The van der Waals surface area contributed by atoms with Gasteiger partial charge in [0.1, 0.15) is 18.2 Å². The Balaban J connectivity index is 1.87. The molecule has 1 atom stereocenters. The largest absolute Gasteiger partial charge is 0.480 e. The predicted molar refractivity (Wildman–Crippen MR) is 73.3 cm³/mol. The molecule has 1 aromatic heterocycles. The highest BCUT2D eigenvalue weighted by Crippen LogP contribution is 2.03. The molecular weight excluding hydrogens is 274 g/mol. The predicted octanol–water partition coefficient (Wildman–Crippen LogP) is 0.300. The summed E-state index contributed by atoms with van der Waals surface area (Å²) >= 11 is 0. The molecule has 0 aliphatic rings. The van der Waals surface area contributed by atoms with Crippen molar-refractivity contribution in [1.82, 2.24) is 25.8 Å². The van der Waals surface area contributed by atoms with E-state index in [4.69, 9.17) is 5.11 Å². The second-order valence-corrected chi connectivity index (χ2v) is 4.34. The van der Waals surface area contributed by atoms with Crippen LogP contribution in [0, 0.1) is 0 Å². The highest BCUT2D eigenvalue weighted by Gasteiger charge is 2.20. The summed E-state index contributed by atoms with van der Waals surface area (Å²) in [5.41, 5.74) is 0.834. The zero-order valence-electron chi connectivity index (χ0n) is 11.1. The van der Waals surface area contributed by atoms with Gasteiger partial charge in [-0.3, -0.25) is 5.10 Å². The quantitative estimate of drug-likeness (QED) is 0.609. The summed E-state index contributed by atoms with van der Waals surface area (Å²) in [7, 11) is 0. The molecule has 8 heteroatoms. The van der Waals surface area contributed by atoms with Crippen LogP contribution >= 0.6 is 0 Å². The highest BCUT2D eigenvalue weighted by molar-refractivity contribution is 5.82. The maximum Gasteiger partial charge on any atom is 0.326 e. The van der Waals surface area contributed by atoms with Crippen LogP contribution in [0.4, 0.5) is 4.79 Å². The molecule has 0 aliphatic carbocycles. The van der Waals surface area contributed by atoms with Gasteiger partial charge in [0.15, 0.2) is 0 Å². The van der Waals surface area contributed by atoms with Gasteiger partial charge in [-0.25, -0.2) is 14.6 Å². The average Bonchev–Trinajstić information content (AvgIpc) is 2.99. The van der Waals surface area contributed by atoms with E-state index in [1.165, 1.54) is 6.33 Å². The van der Waals surface area contributed by atoms with E-state index in [2.05, 4.69) is 25.8 Å². The molecule has 0 unspecified atom stereocenters. The summed E-state index contributed by atoms with van der Waals surface area (Å²) in [6.45, 7) is 0.142. The standard InChI is InChI=1S/C13H15N5O3/c19-12(20)10(6-9-4-2-1-3-5-9)17-13(21)14-7-11-15-8-16-18-11/h1-5,8,10H,6-7H2,(H,19,20)(H2,14,17,21)(H,15,16,18)/t10-/m0/s1. The normalized spacial score (nSPS) is 11.6. The first-order valence-corrected chi connectivity index (χ1v) is 6.30. The van der Waals surface area contributed by atoms with Crippen molar-refractivity contribution < 1.29 is 14.7 Å². The number of carbonyl (C=O) groups is 2. The number of aromatic nitrogens is 3. The molecule has 2 amide bonds. The minimum atomic E-state index is -1.09. The van der Waals surface area contributed by atoms with Gasteiger partial charge in [-0.2, -0.15) is 5.10 Å². The summed E-state index contributed by atoms with van der Waals surface area (Å²) in [5.74, 6) is -0.603. The third-order valence-electron chi connectivity index (χ3n) is 2.77. The van der Waals surface area contributed by atoms with Crippen LogP contribution < -0.4 is 10.6 Å². The number of hydrogen-bond donors (Lipinski definition) is 4. The fourth-order valence-electron chi connectivity index (χ4n) is 1.74. The van der Waals surface area contributed by atoms with Crippen LogP contribution in [0.5, 0.6) is 0 Å². The lowest BCUT2D eigenvalue weighted by atomic mass is 10.1. The number of H-pyrrole nitrogens is 1. The van der Waals surface area contributed by atoms with Gasteiger partial charge < -0.3 is 15.7 Å². The van der Waals surface area contributed by atoms with Gasteiger partial charge in [0.05, 0.1) is 6.54 Å². The van der Waals surface area contributed by atoms with E-state index in [0.29, 0.717) is 5.82 Å². The topological polar surface area (TPSA) is 120 Å². The average molecular weight is 289 g/mol. The minimum absolute atomic E-state index is 0.142. The van der Waals surface area contributed by atoms with Crippen molar-refractivity contribution in [1.29, 1.82) is 0 Å². The third kappa shape index (κ3) is 4.60. The van der Waals surface area contributed by atoms with Gasteiger partial charge in [0.2, 0.25) is 0 Å². The highest BCUT2D eigenvalue weighted by atomic mass is 16.4. The molecule has 2 aromatic rings. The van der Waals surface area contributed by atoms with Crippen molar-refractivity contribution in [3.05, 3.63) is 48.0 Å². The van der Waals surface area contributed by atoms with Crippen LogP contribution in [0.1, 0.15) is 11.4 Å². The van der Waals surface area contributed by atoms with Crippen molar-refractivity contribution in [3.8, 4) is 0 Å². The van der Waals surface area contributed by atoms with Crippen molar-refractivity contribution in [2.75, 3.05) is 0 Å². The Bertz CT molecular complexity index is 585. The molecule has 0 bridgehead atoms. The summed E-state index contributed by atoms with van der Waals surface area (Å²) in [4.78, 5) is 26.7. The maximum absolute atomic E-state index is 11.7. The molecular formula is C13H15N5O3. The monoisotopic (exact) mass is 289 g/mol. The van der Waals surface area contributed by atoms with E-state index in [-0.39, 0.29) is 13.0 Å². The van der Waals surface area contributed by atoms with E-state index >= 15 is 0 Å². The molecule has 1 aromatic carbocycles. The van der Waals surface area contributed by atoms with E-state index in [0.717, 1.165) is 5.56 Å². The van der Waals surface area contributed by atoms with Gasteiger partial charge in [0, 0.05) is 6.42 Å². The van der Waals surface area contributed by atoms with Gasteiger partial charge in [-0.1, -0.05) is 30.3 Å². The number of hydrogen-bond acceptors (Lipinski definition) is 4. The van der Waals surface area contributed by atoms with Crippen LogP contribution in [0.15, 0.2) is 36.7 Å². The van der Waals surface area contributed by atoms with Crippen molar-refractivity contribution in [2.24, 2.45) is 0 Å². The number of aromatic amines is 1. The summed E-state index contributed by atoms with van der Waals surface area (Å²) < 4.78 is 0. The number of aliphatic carboxylic acids is 1. The lowest BCUT2D eigenvalue weighted by Gasteiger charge is -2.15. The molecule has 8 nitrogen and oxygen atoms in total. The molecule has 1 heterocycles. The Morgan fingerprint density at radius 1 is 1.29 bits per heavy atom. The Hall–Kier alpha value is -2.90. The second kappa shape index (κ2) is 7.04. The summed E-state index contributed by atoms with van der Waals surface area (Å²) in [5, 5.41) is 20.3. The molecule has 2 rings (SSSR count). The number of nitrogens with one attached hydrogen (secondary N) is 3. The van der Waals surface area contributed by atoms with Crippen molar-refractivity contribution in [2.45, 2.75) is 19.0 Å². The van der Waals surface area contributed by atoms with Gasteiger partial charge in [0.25, 0.3) is 0 Å².